The van der Waals surface area contributed by atoms with Gasteiger partial charge in [-0.15, -0.1) is 0 Å². The zero-order valence-electron chi connectivity index (χ0n) is 17.5. The lowest BCUT2D eigenvalue weighted by Crippen LogP contribution is -2.55. The summed E-state index contributed by atoms with van der Waals surface area (Å²) in [5.41, 5.74) is 4.18. The summed E-state index contributed by atoms with van der Waals surface area (Å²) < 4.78 is 66.0. The predicted octanol–water partition coefficient (Wildman–Crippen LogP) is 3.19. The molecule has 3 atom stereocenters. The Morgan fingerprint density at radius 1 is 1.33 bits per heavy atom. The van der Waals surface area contributed by atoms with E-state index in [1.807, 2.05) is 0 Å². The van der Waals surface area contributed by atoms with Crippen molar-refractivity contribution >= 4 is 17.4 Å². The molecule has 1 amide bonds. The molecule has 1 saturated heterocycles. The third-order valence-electron chi connectivity index (χ3n) is 5.83. The van der Waals surface area contributed by atoms with Crippen LogP contribution in [0, 0.1) is 11.7 Å². The van der Waals surface area contributed by atoms with Crippen molar-refractivity contribution < 1.29 is 31.8 Å². The quantitative estimate of drug-likeness (QED) is 0.654. The molecule has 2 aliphatic rings. The van der Waals surface area contributed by atoms with Crippen LogP contribution in [0.3, 0.4) is 0 Å². The summed E-state index contributed by atoms with van der Waals surface area (Å²) >= 11 is 0. The number of amides is 1. The summed E-state index contributed by atoms with van der Waals surface area (Å²) in [7, 11) is 0. The second-order valence-electron chi connectivity index (χ2n) is 8.03. The first-order valence-corrected chi connectivity index (χ1v) is 10.1. The number of carbonyl (C=O) groups excluding carboxylic acids is 1. The number of amidine groups is 1. The van der Waals surface area contributed by atoms with Gasteiger partial charge in [-0.05, 0) is 37.5 Å². The molecular formula is C21H21F4N5O3. The summed E-state index contributed by atoms with van der Waals surface area (Å²) in [6.07, 6.45) is 1.51. The van der Waals surface area contributed by atoms with Crippen molar-refractivity contribution in [2.75, 3.05) is 18.8 Å². The first-order chi connectivity index (χ1) is 15.6. The van der Waals surface area contributed by atoms with Gasteiger partial charge in [0.15, 0.2) is 5.84 Å². The van der Waals surface area contributed by atoms with Crippen molar-refractivity contribution in [1.29, 1.82) is 0 Å². The molecule has 1 fully saturated rings. The standard InChI is InChI=1S/C21H21F4N5O3/c1-11-4-12-6-21(24,25)19(26)30-20(12,9-32-11)14-5-13(2-3-15(14)23)29-18(31)16-7-28-17(8-27-16)33-10-22/h2-3,5,7-8,11-12H,4,6,9-10H2,1H3,(H2,26,30)(H,29,31)/t11-,12-,20-/m0/s1. The van der Waals surface area contributed by atoms with Crippen LogP contribution in [0.5, 0.6) is 5.88 Å². The Morgan fingerprint density at radius 2 is 2.12 bits per heavy atom. The molecular weight excluding hydrogens is 446 g/mol. The van der Waals surface area contributed by atoms with Crippen LogP contribution in [-0.4, -0.2) is 47.2 Å². The summed E-state index contributed by atoms with van der Waals surface area (Å²) in [5.74, 6) is -6.36. The molecule has 0 radical (unpaired) electrons. The summed E-state index contributed by atoms with van der Waals surface area (Å²) in [6.45, 7) is 0.524. The Kier molecular flexibility index (Phi) is 5.95. The van der Waals surface area contributed by atoms with Gasteiger partial charge in [0.1, 0.15) is 17.1 Å². The van der Waals surface area contributed by atoms with Crippen LogP contribution in [0.2, 0.25) is 0 Å². The lowest BCUT2D eigenvalue weighted by Gasteiger charge is -2.47. The van der Waals surface area contributed by atoms with Gasteiger partial charge < -0.3 is 20.5 Å². The molecule has 4 rings (SSSR count). The molecule has 0 aliphatic carbocycles. The smallest absolute Gasteiger partial charge is 0.304 e. The van der Waals surface area contributed by atoms with Crippen molar-refractivity contribution in [3.63, 3.8) is 0 Å². The number of ether oxygens (including phenoxy) is 2. The van der Waals surface area contributed by atoms with Gasteiger partial charge in [0.25, 0.3) is 5.91 Å². The molecule has 2 aromatic rings. The molecule has 0 unspecified atom stereocenters. The number of anilines is 1. The van der Waals surface area contributed by atoms with Gasteiger partial charge in [-0.2, -0.15) is 8.78 Å². The average Bonchev–Trinajstić information content (AvgIpc) is 2.77. The third-order valence-corrected chi connectivity index (χ3v) is 5.83. The number of nitrogens with zero attached hydrogens (tertiary/aromatic N) is 3. The van der Waals surface area contributed by atoms with Gasteiger partial charge in [-0.3, -0.25) is 9.79 Å². The average molecular weight is 467 g/mol. The maximum atomic E-state index is 15.0. The number of nitrogens with one attached hydrogen (secondary N) is 1. The monoisotopic (exact) mass is 467 g/mol. The Bertz CT molecular complexity index is 1080. The van der Waals surface area contributed by atoms with Crippen LogP contribution in [0.25, 0.3) is 0 Å². The van der Waals surface area contributed by atoms with E-state index in [0.717, 1.165) is 18.5 Å². The highest BCUT2D eigenvalue weighted by Crippen LogP contribution is 2.50. The summed E-state index contributed by atoms with van der Waals surface area (Å²) in [4.78, 5) is 24.2. The van der Waals surface area contributed by atoms with Crippen molar-refractivity contribution in [3.8, 4) is 5.88 Å². The van der Waals surface area contributed by atoms with Crippen molar-refractivity contribution in [3.05, 3.63) is 47.7 Å². The molecule has 0 spiro atoms. The zero-order chi connectivity index (χ0) is 23.8. The number of fused-ring (bicyclic) bond motifs is 1. The minimum Gasteiger partial charge on any atom is -0.445 e. The normalized spacial score (nSPS) is 26.2. The number of hydrogen-bond donors (Lipinski definition) is 2. The molecule has 1 aromatic carbocycles. The van der Waals surface area contributed by atoms with E-state index in [-0.39, 0.29) is 42.0 Å². The zero-order valence-corrected chi connectivity index (χ0v) is 17.5. The highest BCUT2D eigenvalue weighted by Gasteiger charge is 2.55. The second kappa shape index (κ2) is 8.58. The first kappa shape index (κ1) is 22.9. The van der Waals surface area contributed by atoms with Crippen LogP contribution in [0.4, 0.5) is 23.2 Å². The molecule has 3 heterocycles. The summed E-state index contributed by atoms with van der Waals surface area (Å²) in [6, 6.07) is 3.75. The Labute approximate surface area is 186 Å². The third kappa shape index (κ3) is 4.34. The topological polar surface area (TPSA) is 112 Å². The van der Waals surface area contributed by atoms with E-state index in [1.54, 1.807) is 6.92 Å². The molecule has 3 N–H and O–H groups in total. The molecule has 1 aromatic heterocycles. The van der Waals surface area contributed by atoms with Crippen LogP contribution >= 0.6 is 0 Å². The van der Waals surface area contributed by atoms with Crippen LogP contribution in [-0.2, 0) is 10.3 Å². The van der Waals surface area contributed by atoms with Gasteiger partial charge >= 0.3 is 5.92 Å². The number of rotatable bonds is 5. The van der Waals surface area contributed by atoms with Crippen molar-refractivity contribution in [2.24, 2.45) is 16.6 Å². The maximum absolute atomic E-state index is 15.0. The van der Waals surface area contributed by atoms with Crippen molar-refractivity contribution in [1.82, 2.24) is 9.97 Å². The number of halogens is 4. The van der Waals surface area contributed by atoms with Crippen molar-refractivity contribution in [2.45, 2.75) is 37.3 Å². The fraction of sp³-hybridized carbons (Fsp3) is 0.429. The van der Waals surface area contributed by atoms with Crippen LogP contribution < -0.4 is 15.8 Å². The van der Waals surface area contributed by atoms with Crippen LogP contribution in [0.1, 0.15) is 35.8 Å². The lowest BCUT2D eigenvalue weighted by molar-refractivity contribution is -0.0871. The number of carbonyl (C=O) groups is 1. The Hall–Kier alpha value is -3.28. The molecule has 8 nitrogen and oxygen atoms in total. The fourth-order valence-electron chi connectivity index (χ4n) is 4.19. The SMILES string of the molecule is C[C@H]1C[C@H]2CC(F)(F)C(N)=N[C@@]2(c2cc(NC(=O)c3cnc(OCF)cn3)ccc2F)CO1. The number of aliphatic imine (C=N–C) groups is 1. The van der Waals surface area contributed by atoms with Gasteiger partial charge in [0.2, 0.25) is 12.7 Å². The largest absolute Gasteiger partial charge is 0.445 e. The summed E-state index contributed by atoms with van der Waals surface area (Å²) in [5, 5.41) is 2.55. The minimum atomic E-state index is -3.30. The van der Waals surface area contributed by atoms with E-state index in [1.165, 1.54) is 12.1 Å². The minimum absolute atomic E-state index is 0.00609. The Balaban J connectivity index is 1.66. The molecule has 33 heavy (non-hydrogen) atoms. The highest BCUT2D eigenvalue weighted by molar-refractivity contribution is 6.02. The van der Waals surface area contributed by atoms with Gasteiger partial charge in [0.05, 0.1) is 25.1 Å². The van der Waals surface area contributed by atoms with E-state index in [0.29, 0.717) is 0 Å². The van der Waals surface area contributed by atoms with Gasteiger partial charge in [-0.25, -0.2) is 18.7 Å². The molecule has 2 aliphatic heterocycles. The number of nitrogens with two attached hydrogens (primary N) is 1. The molecule has 0 saturated carbocycles. The number of aromatic nitrogens is 2. The Morgan fingerprint density at radius 3 is 2.82 bits per heavy atom. The van der Waals surface area contributed by atoms with E-state index in [9.17, 15) is 22.4 Å². The first-order valence-electron chi connectivity index (χ1n) is 10.1. The molecule has 176 valence electrons. The highest BCUT2D eigenvalue weighted by atomic mass is 19.3. The van der Waals surface area contributed by atoms with Crippen LogP contribution in [0.15, 0.2) is 35.6 Å². The lowest BCUT2D eigenvalue weighted by atomic mass is 9.70. The van der Waals surface area contributed by atoms with E-state index >= 15 is 0 Å². The van der Waals surface area contributed by atoms with Gasteiger partial charge in [-0.1, -0.05) is 0 Å². The number of alkyl halides is 3. The van der Waals surface area contributed by atoms with E-state index in [2.05, 4.69) is 25.0 Å². The van der Waals surface area contributed by atoms with E-state index < -0.39 is 48.2 Å². The second-order valence-corrected chi connectivity index (χ2v) is 8.03. The number of hydrogen-bond acceptors (Lipinski definition) is 7. The van der Waals surface area contributed by atoms with E-state index in [4.69, 9.17) is 10.5 Å². The molecule has 0 bridgehead atoms. The predicted molar refractivity (Wildman–Crippen MR) is 109 cm³/mol. The van der Waals surface area contributed by atoms with Gasteiger partial charge in [0, 0.05) is 17.7 Å². The fourth-order valence-corrected chi connectivity index (χ4v) is 4.19. The maximum Gasteiger partial charge on any atom is 0.304 e. The number of benzene rings is 1. The molecule has 12 heteroatoms.